The molecular weight excluding hydrogens is 743 g/mol. The molecule has 0 saturated carbocycles. The van der Waals surface area contributed by atoms with Crippen molar-refractivity contribution in [1.29, 1.82) is 0 Å². The predicted octanol–water partition coefficient (Wildman–Crippen LogP) is 16.4. The van der Waals surface area contributed by atoms with Crippen LogP contribution in [0.4, 0.5) is 0 Å². The van der Waals surface area contributed by atoms with Gasteiger partial charge in [0.25, 0.3) is 0 Å². The van der Waals surface area contributed by atoms with Crippen molar-refractivity contribution < 1.29 is 24.5 Å². The fraction of sp³-hybridized carbons (Fsp3) is 0.963. The molecule has 0 bridgehead atoms. The third kappa shape index (κ3) is 43.5. The minimum Gasteiger partial charge on any atom is -0.462 e. The highest BCUT2D eigenvalue weighted by Gasteiger charge is 2.24. The summed E-state index contributed by atoms with van der Waals surface area (Å²) in [5.41, 5.74) is 0. The number of rotatable bonds is 50. The van der Waals surface area contributed by atoms with Crippen molar-refractivity contribution in [3.63, 3.8) is 0 Å². The van der Waals surface area contributed by atoms with Gasteiger partial charge in [0.05, 0.1) is 25.2 Å². The van der Waals surface area contributed by atoms with E-state index in [1.807, 2.05) is 0 Å². The number of esters is 1. The highest BCUT2D eigenvalue weighted by molar-refractivity contribution is 5.77. The van der Waals surface area contributed by atoms with Gasteiger partial charge in [0.1, 0.15) is 6.10 Å². The maximum absolute atomic E-state index is 13.2. The Kier molecular flexibility index (Phi) is 48.0. The van der Waals surface area contributed by atoms with Crippen molar-refractivity contribution in [3.05, 3.63) is 0 Å². The average molecular weight is 850 g/mol. The summed E-state index contributed by atoms with van der Waals surface area (Å²) in [6, 6.07) is -0.692. The lowest BCUT2D eigenvalue weighted by atomic mass is 10.0. The molecule has 0 radical (unpaired) electrons. The average Bonchev–Trinajstić information content (AvgIpc) is 3.24. The van der Waals surface area contributed by atoms with E-state index in [4.69, 9.17) is 4.74 Å². The van der Waals surface area contributed by atoms with Crippen LogP contribution in [0.15, 0.2) is 0 Å². The third-order valence-corrected chi connectivity index (χ3v) is 12.9. The largest absolute Gasteiger partial charge is 0.462 e. The second-order valence-electron chi connectivity index (χ2n) is 19.0. The van der Waals surface area contributed by atoms with E-state index in [1.54, 1.807) is 0 Å². The number of unbranched alkanes of at least 4 members (excludes halogenated alkanes) is 38. The summed E-state index contributed by atoms with van der Waals surface area (Å²) >= 11 is 0. The van der Waals surface area contributed by atoms with Crippen LogP contribution in [0.5, 0.6) is 0 Å². The zero-order valence-corrected chi connectivity index (χ0v) is 40.9. The van der Waals surface area contributed by atoms with Gasteiger partial charge < -0.3 is 20.3 Å². The summed E-state index contributed by atoms with van der Waals surface area (Å²) < 4.78 is 5.94. The van der Waals surface area contributed by atoms with Crippen LogP contribution in [0.3, 0.4) is 0 Å². The second-order valence-corrected chi connectivity index (χ2v) is 19.0. The Hall–Kier alpha value is -1.14. The summed E-state index contributed by atoms with van der Waals surface area (Å²) in [6.07, 6.45) is 53.0. The number of aliphatic hydroxyl groups is 2. The number of carbonyl (C=O) groups is 2. The van der Waals surface area contributed by atoms with Crippen molar-refractivity contribution in [3.8, 4) is 0 Å². The Morgan fingerprint density at radius 3 is 1.02 bits per heavy atom. The van der Waals surface area contributed by atoms with Crippen LogP contribution in [-0.2, 0) is 14.3 Å². The van der Waals surface area contributed by atoms with Crippen molar-refractivity contribution in [1.82, 2.24) is 5.32 Å². The van der Waals surface area contributed by atoms with E-state index in [2.05, 4.69) is 26.1 Å². The van der Waals surface area contributed by atoms with E-state index in [1.165, 1.54) is 225 Å². The molecule has 6 nitrogen and oxygen atoms in total. The number of hydrogen-bond acceptors (Lipinski definition) is 5. The molecule has 0 spiro atoms. The first-order valence-corrected chi connectivity index (χ1v) is 27.3. The summed E-state index contributed by atoms with van der Waals surface area (Å²) in [7, 11) is 0. The van der Waals surface area contributed by atoms with Crippen LogP contribution >= 0.6 is 0 Å². The molecule has 3 unspecified atom stereocenters. The Balaban J connectivity index is 4.45. The van der Waals surface area contributed by atoms with E-state index in [0.717, 1.165) is 38.5 Å². The van der Waals surface area contributed by atoms with Crippen LogP contribution < -0.4 is 5.32 Å². The first-order chi connectivity index (χ1) is 29.5. The second kappa shape index (κ2) is 48.9. The fourth-order valence-corrected chi connectivity index (χ4v) is 8.79. The van der Waals surface area contributed by atoms with Gasteiger partial charge >= 0.3 is 5.97 Å². The lowest BCUT2D eigenvalue weighted by Gasteiger charge is -2.24. The zero-order chi connectivity index (χ0) is 43.8. The van der Waals surface area contributed by atoms with Crippen LogP contribution in [0.1, 0.15) is 310 Å². The molecule has 0 saturated heterocycles. The number of hydrogen-bond donors (Lipinski definition) is 3. The molecule has 0 aromatic heterocycles. The van der Waals surface area contributed by atoms with Crippen LogP contribution in [-0.4, -0.2) is 46.9 Å². The first-order valence-electron chi connectivity index (χ1n) is 27.3. The van der Waals surface area contributed by atoms with Gasteiger partial charge in [0.15, 0.2) is 0 Å². The van der Waals surface area contributed by atoms with E-state index in [-0.39, 0.29) is 24.9 Å². The monoisotopic (exact) mass is 850 g/mol. The summed E-state index contributed by atoms with van der Waals surface area (Å²) in [5, 5.41) is 23.8. The number of nitrogens with one attached hydrogen (secondary N) is 1. The molecule has 0 aliphatic carbocycles. The maximum atomic E-state index is 13.2. The molecule has 0 aliphatic rings. The smallest absolute Gasteiger partial charge is 0.306 e. The quantitative estimate of drug-likeness (QED) is 0.0419. The molecule has 0 fully saturated rings. The number of aliphatic hydroxyl groups excluding tert-OH is 2. The Morgan fingerprint density at radius 2 is 0.700 bits per heavy atom. The Labute approximate surface area is 375 Å². The van der Waals surface area contributed by atoms with Crippen molar-refractivity contribution in [2.75, 3.05) is 6.61 Å². The van der Waals surface area contributed by atoms with Gasteiger partial charge in [-0.1, -0.05) is 271 Å². The first kappa shape index (κ1) is 58.9. The number of ether oxygens (including phenoxy) is 1. The highest BCUT2D eigenvalue weighted by Crippen LogP contribution is 2.19. The van der Waals surface area contributed by atoms with E-state index >= 15 is 0 Å². The maximum Gasteiger partial charge on any atom is 0.306 e. The third-order valence-electron chi connectivity index (χ3n) is 12.9. The van der Waals surface area contributed by atoms with Crippen molar-refractivity contribution in [2.24, 2.45) is 0 Å². The molecule has 1 amide bonds. The minimum absolute atomic E-state index is 0.0879. The molecule has 60 heavy (non-hydrogen) atoms. The van der Waals surface area contributed by atoms with Gasteiger partial charge in [0, 0.05) is 6.42 Å². The van der Waals surface area contributed by atoms with Gasteiger partial charge in [-0.25, -0.2) is 0 Å². The molecule has 0 rings (SSSR count). The molecule has 6 heteroatoms. The Morgan fingerprint density at radius 1 is 0.417 bits per heavy atom. The van der Waals surface area contributed by atoms with E-state index in [9.17, 15) is 19.8 Å². The summed E-state index contributed by atoms with van der Waals surface area (Å²) in [4.78, 5) is 26.1. The molecule has 0 heterocycles. The van der Waals surface area contributed by atoms with Crippen LogP contribution in [0.25, 0.3) is 0 Å². The van der Waals surface area contributed by atoms with Gasteiger partial charge in [-0.3, -0.25) is 9.59 Å². The predicted molar refractivity (Wildman–Crippen MR) is 260 cm³/mol. The SMILES string of the molecule is CCCCCCCCCCCCCCCCCCC(O)C(CO)NC(=O)CC(CCCCCCCCCCCCCC)OC(=O)CCCCCCCCCCCCCCC. The van der Waals surface area contributed by atoms with E-state index < -0.39 is 18.2 Å². The Bertz CT molecular complexity index is 867. The van der Waals surface area contributed by atoms with Gasteiger partial charge in [0.2, 0.25) is 5.91 Å². The molecule has 0 aromatic rings. The standard InChI is InChI=1S/C54H107NO5/c1-4-7-10-13-16-19-22-25-26-27-29-31-34-37-40-43-46-52(57)51(49-56)55-53(58)48-50(45-42-39-36-33-30-24-21-18-15-12-9-6-3)60-54(59)47-44-41-38-35-32-28-23-20-17-14-11-8-5-2/h50-52,56-57H,4-49H2,1-3H3,(H,55,58). The molecule has 3 N–H and O–H groups in total. The lowest BCUT2D eigenvalue weighted by Crippen LogP contribution is -2.46. The van der Waals surface area contributed by atoms with Crippen LogP contribution in [0, 0.1) is 0 Å². The van der Waals surface area contributed by atoms with E-state index in [0.29, 0.717) is 19.3 Å². The van der Waals surface area contributed by atoms with Gasteiger partial charge in [-0.05, 0) is 25.7 Å². The number of amides is 1. The minimum atomic E-state index is -0.779. The fourth-order valence-electron chi connectivity index (χ4n) is 8.79. The van der Waals surface area contributed by atoms with Gasteiger partial charge in [-0.15, -0.1) is 0 Å². The van der Waals surface area contributed by atoms with Crippen molar-refractivity contribution in [2.45, 2.75) is 328 Å². The molecule has 0 aliphatic heterocycles. The van der Waals surface area contributed by atoms with Crippen molar-refractivity contribution >= 4 is 11.9 Å². The highest BCUT2D eigenvalue weighted by atomic mass is 16.5. The molecule has 3 atom stereocenters. The normalized spacial score (nSPS) is 13.1. The van der Waals surface area contributed by atoms with Gasteiger partial charge in [-0.2, -0.15) is 0 Å². The summed E-state index contributed by atoms with van der Waals surface area (Å²) in [5.74, 6) is -0.449. The molecule has 358 valence electrons. The summed E-state index contributed by atoms with van der Waals surface area (Å²) in [6.45, 7) is 6.52. The lowest BCUT2D eigenvalue weighted by molar-refractivity contribution is -0.151. The zero-order valence-electron chi connectivity index (χ0n) is 40.9. The topological polar surface area (TPSA) is 95.9 Å². The molecule has 0 aromatic carbocycles. The molecular formula is C54H107NO5. The van der Waals surface area contributed by atoms with Crippen LogP contribution in [0.2, 0.25) is 0 Å². The number of carbonyl (C=O) groups excluding carboxylic acids is 2.